The van der Waals surface area contributed by atoms with E-state index in [2.05, 4.69) is 10.3 Å². The van der Waals surface area contributed by atoms with Crippen LogP contribution in [0.15, 0.2) is 47.6 Å². The van der Waals surface area contributed by atoms with Gasteiger partial charge in [-0.3, -0.25) is 0 Å². The second-order valence-electron chi connectivity index (χ2n) is 7.34. The molecule has 1 atom stereocenters. The second-order valence-corrected chi connectivity index (χ2v) is 7.75. The van der Waals surface area contributed by atoms with Crippen molar-refractivity contribution >= 4 is 23.8 Å². The summed E-state index contributed by atoms with van der Waals surface area (Å²) >= 11 is 6.49. The average molecular weight is 472 g/mol. The Morgan fingerprint density at radius 2 is 1.94 bits per heavy atom. The first-order valence-electron chi connectivity index (χ1n) is 10.3. The number of aryl methyl sites for hydroxylation is 2. The Hall–Kier alpha value is -3.52. The molecule has 0 radical (unpaired) electrons. The molecule has 0 aliphatic carbocycles. The number of esters is 1. The Morgan fingerprint density at radius 3 is 2.58 bits per heavy atom. The minimum Gasteiger partial charge on any atom is -0.478 e. The predicted octanol–water partition coefficient (Wildman–Crippen LogP) is 4.97. The van der Waals surface area contributed by atoms with Crippen LogP contribution in [0, 0.1) is 13.8 Å². The molecule has 0 unspecified atom stereocenters. The summed E-state index contributed by atoms with van der Waals surface area (Å²) in [6.07, 6.45) is 0.610. The number of halogens is 1. The van der Waals surface area contributed by atoms with Gasteiger partial charge in [-0.05, 0) is 32.4 Å². The molecule has 0 amide bonds. The largest absolute Gasteiger partial charge is 0.478 e. The molecular weight excluding hydrogens is 446 g/mol. The number of hydrogen-bond acceptors (Lipinski definition) is 7. The number of aromatic nitrogens is 2. The standard InChI is InChI=1S/C24H26ClN3O5/c1-15-16(2)27-28(4)23(15)33-22-12-21(32-17(3)24(29)30-5)19(11-20(22)25)13-26-31-14-18-9-7-6-8-10-18/h6-13,17H,14H2,1-5H3/t17-/m0/s1. The molecule has 174 valence electrons. The number of methoxy groups -OCH3 is 1. The highest BCUT2D eigenvalue weighted by atomic mass is 35.5. The molecule has 0 aliphatic rings. The SMILES string of the molecule is COC(=O)[C@H](C)Oc1cc(Oc2c(C)c(C)nn2C)c(Cl)cc1C=NOCc1ccccc1. The van der Waals surface area contributed by atoms with Crippen molar-refractivity contribution in [1.29, 1.82) is 0 Å². The molecule has 9 heteroatoms. The summed E-state index contributed by atoms with van der Waals surface area (Å²) in [5, 5.41) is 8.70. The van der Waals surface area contributed by atoms with Crippen molar-refractivity contribution < 1.29 is 23.8 Å². The fraction of sp³-hybridized carbons (Fsp3) is 0.292. The number of benzene rings is 2. The van der Waals surface area contributed by atoms with E-state index in [0.717, 1.165) is 16.8 Å². The van der Waals surface area contributed by atoms with Gasteiger partial charge in [0.15, 0.2) is 11.9 Å². The Balaban J connectivity index is 1.88. The number of rotatable bonds is 9. The molecule has 0 saturated heterocycles. The quantitative estimate of drug-likeness (QED) is 0.249. The van der Waals surface area contributed by atoms with Crippen molar-refractivity contribution in [2.45, 2.75) is 33.5 Å². The van der Waals surface area contributed by atoms with Crippen molar-refractivity contribution in [2.24, 2.45) is 12.2 Å². The zero-order valence-corrected chi connectivity index (χ0v) is 19.9. The summed E-state index contributed by atoms with van der Waals surface area (Å²) in [5.41, 5.74) is 3.22. The van der Waals surface area contributed by atoms with E-state index in [-0.39, 0.29) is 0 Å². The van der Waals surface area contributed by atoms with E-state index in [9.17, 15) is 4.79 Å². The van der Waals surface area contributed by atoms with Gasteiger partial charge >= 0.3 is 5.97 Å². The zero-order valence-electron chi connectivity index (χ0n) is 19.2. The summed E-state index contributed by atoms with van der Waals surface area (Å²) in [6.45, 7) is 5.70. The summed E-state index contributed by atoms with van der Waals surface area (Å²) < 4.78 is 18.3. The molecule has 0 bridgehead atoms. The van der Waals surface area contributed by atoms with Gasteiger partial charge in [0.2, 0.25) is 5.88 Å². The van der Waals surface area contributed by atoms with Gasteiger partial charge in [0.05, 0.1) is 24.0 Å². The van der Waals surface area contributed by atoms with Crippen LogP contribution in [0.4, 0.5) is 0 Å². The number of carbonyl (C=O) groups is 1. The van der Waals surface area contributed by atoms with Crippen LogP contribution in [0.1, 0.15) is 29.3 Å². The van der Waals surface area contributed by atoms with Crippen LogP contribution in [0.5, 0.6) is 17.4 Å². The molecule has 0 N–H and O–H groups in total. The van der Waals surface area contributed by atoms with Gasteiger partial charge in [-0.25, -0.2) is 9.48 Å². The average Bonchev–Trinajstić information content (AvgIpc) is 3.05. The molecule has 33 heavy (non-hydrogen) atoms. The molecule has 1 aromatic heterocycles. The van der Waals surface area contributed by atoms with Gasteiger partial charge in [0.25, 0.3) is 0 Å². The minimum absolute atomic E-state index is 0.306. The molecule has 8 nitrogen and oxygen atoms in total. The van der Waals surface area contributed by atoms with Crippen LogP contribution in [0.2, 0.25) is 5.02 Å². The van der Waals surface area contributed by atoms with Crippen LogP contribution >= 0.6 is 11.6 Å². The van der Waals surface area contributed by atoms with E-state index in [1.165, 1.54) is 13.3 Å². The van der Waals surface area contributed by atoms with Crippen molar-refractivity contribution in [2.75, 3.05) is 7.11 Å². The third-order valence-corrected chi connectivity index (χ3v) is 5.20. The maximum Gasteiger partial charge on any atom is 0.346 e. The van der Waals surface area contributed by atoms with E-state index in [1.807, 2.05) is 44.2 Å². The van der Waals surface area contributed by atoms with Crippen LogP contribution in [-0.4, -0.2) is 35.2 Å². The molecular formula is C24H26ClN3O5. The van der Waals surface area contributed by atoms with E-state index >= 15 is 0 Å². The lowest BCUT2D eigenvalue weighted by atomic mass is 10.2. The lowest BCUT2D eigenvalue weighted by Crippen LogP contribution is -2.25. The van der Waals surface area contributed by atoms with E-state index in [0.29, 0.717) is 34.6 Å². The normalized spacial score (nSPS) is 11.9. The van der Waals surface area contributed by atoms with E-state index in [4.69, 9.17) is 30.6 Å². The second kappa shape index (κ2) is 10.9. The fourth-order valence-corrected chi connectivity index (χ4v) is 3.22. The molecule has 1 heterocycles. The number of ether oxygens (including phenoxy) is 3. The third-order valence-electron chi connectivity index (χ3n) is 4.91. The smallest absolute Gasteiger partial charge is 0.346 e. The fourth-order valence-electron chi connectivity index (χ4n) is 3.01. The first kappa shape index (κ1) is 24.1. The topological polar surface area (TPSA) is 84.2 Å². The summed E-state index contributed by atoms with van der Waals surface area (Å²) in [7, 11) is 3.08. The number of carbonyl (C=O) groups excluding carboxylic acids is 1. The maximum absolute atomic E-state index is 11.9. The number of nitrogens with zero attached hydrogens (tertiary/aromatic N) is 3. The van der Waals surface area contributed by atoms with Gasteiger partial charge < -0.3 is 19.0 Å². The summed E-state index contributed by atoms with van der Waals surface area (Å²) in [4.78, 5) is 17.3. The highest BCUT2D eigenvalue weighted by molar-refractivity contribution is 6.32. The van der Waals surface area contributed by atoms with Crippen LogP contribution < -0.4 is 9.47 Å². The van der Waals surface area contributed by atoms with Crippen molar-refractivity contribution in [1.82, 2.24) is 9.78 Å². The summed E-state index contributed by atoms with van der Waals surface area (Å²) in [6, 6.07) is 12.9. The lowest BCUT2D eigenvalue weighted by Gasteiger charge is -2.17. The number of hydrogen-bond donors (Lipinski definition) is 0. The Morgan fingerprint density at radius 1 is 1.21 bits per heavy atom. The van der Waals surface area contributed by atoms with Gasteiger partial charge in [-0.1, -0.05) is 47.1 Å². The minimum atomic E-state index is -0.859. The highest BCUT2D eigenvalue weighted by Gasteiger charge is 2.20. The third kappa shape index (κ3) is 6.04. The predicted molar refractivity (Wildman–Crippen MR) is 125 cm³/mol. The maximum atomic E-state index is 11.9. The first-order chi connectivity index (χ1) is 15.8. The van der Waals surface area contributed by atoms with Gasteiger partial charge in [0.1, 0.15) is 12.4 Å². The Bertz CT molecular complexity index is 1140. The Kier molecular flexibility index (Phi) is 7.95. The molecule has 3 aromatic rings. The lowest BCUT2D eigenvalue weighted by molar-refractivity contribution is -0.147. The highest BCUT2D eigenvalue weighted by Crippen LogP contribution is 2.37. The molecule has 0 aliphatic heterocycles. The van der Waals surface area contributed by atoms with Gasteiger partial charge in [-0.15, -0.1) is 0 Å². The molecule has 0 fully saturated rings. The van der Waals surface area contributed by atoms with Crippen molar-refractivity contribution in [3.63, 3.8) is 0 Å². The summed E-state index contributed by atoms with van der Waals surface area (Å²) in [5.74, 6) is 0.704. The van der Waals surface area contributed by atoms with Gasteiger partial charge in [0, 0.05) is 24.2 Å². The van der Waals surface area contributed by atoms with Crippen molar-refractivity contribution in [3.05, 3.63) is 69.9 Å². The van der Waals surface area contributed by atoms with Crippen LogP contribution in [0.3, 0.4) is 0 Å². The van der Waals surface area contributed by atoms with Gasteiger partial charge in [-0.2, -0.15) is 5.10 Å². The van der Waals surface area contributed by atoms with E-state index < -0.39 is 12.1 Å². The van der Waals surface area contributed by atoms with Crippen LogP contribution in [-0.2, 0) is 28.0 Å². The Labute approximate surface area is 197 Å². The monoisotopic (exact) mass is 471 g/mol. The van der Waals surface area contributed by atoms with E-state index in [1.54, 1.807) is 30.8 Å². The molecule has 0 spiro atoms. The molecule has 0 saturated carbocycles. The van der Waals surface area contributed by atoms with Crippen molar-refractivity contribution in [3.8, 4) is 17.4 Å². The zero-order chi connectivity index (χ0) is 24.0. The first-order valence-corrected chi connectivity index (χ1v) is 10.6. The molecule has 2 aromatic carbocycles. The number of oxime groups is 1. The van der Waals surface area contributed by atoms with Crippen LogP contribution in [0.25, 0.3) is 0 Å². The molecule has 3 rings (SSSR count).